The van der Waals surface area contributed by atoms with E-state index in [-0.39, 0.29) is 0 Å². The van der Waals surface area contributed by atoms with Gasteiger partial charge in [-0.2, -0.15) is 35.5 Å². The van der Waals surface area contributed by atoms with Crippen LogP contribution in [0.1, 0.15) is 33.5 Å². The number of pyridine rings is 2. The predicted octanol–water partition coefficient (Wildman–Crippen LogP) is 7.97. The van der Waals surface area contributed by atoms with Crippen molar-refractivity contribution in [3.8, 4) is 22.5 Å². The summed E-state index contributed by atoms with van der Waals surface area (Å²) in [5.41, 5.74) is 4.00. The zero-order valence-corrected chi connectivity index (χ0v) is 33.7. The van der Waals surface area contributed by atoms with Gasteiger partial charge in [-0.3, -0.25) is 0 Å². The fourth-order valence-corrected chi connectivity index (χ4v) is 7.46. The molecule has 310 valence electrons. The van der Waals surface area contributed by atoms with E-state index in [0.717, 1.165) is 25.9 Å². The Morgan fingerprint density at radius 1 is 0.661 bits per heavy atom. The third-order valence-corrected chi connectivity index (χ3v) is 11.6. The average molecular weight is 858 g/mol. The van der Waals surface area contributed by atoms with Crippen LogP contribution in [0.3, 0.4) is 0 Å². The van der Waals surface area contributed by atoms with Crippen LogP contribution in [0.25, 0.3) is 56.2 Å². The van der Waals surface area contributed by atoms with Crippen molar-refractivity contribution >= 4 is 59.6 Å². The number of anilines is 1. The van der Waals surface area contributed by atoms with E-state index in [9.17, 15) is 26.3 Å². The Balaban J connectivity index is 0.000000311. The van der Waals surface area contributed by atoms with Crippen LogP contribution < -0.4 is 14.0 Å². The fraction of sp³-hybridized carbons (Fsp3) is 0.238. The molecule has 0 saturated heterocycles. The molecule has 2 aliphatic rings. The number of benzene rings is 4. The molecule has 2 aliphatic heterocycles. The molecule has 59 heavy (non-hydrogen) atoms. The van der Waals surface area contributed by atoms with E-state index < -0.39 is 31.3 Å². The Labute approximate surface area is 337 Å². The lowest BCUT2D eigenvalue weighted by atomic mass is 9.79. The van der Waals surface area contributed by atoms with Crippen molar-refractivity contribution in [3.63, 3.8) is 0 Å². The summed E-state index contributed by atoms with van der Waals surface area (Å²) < 4.78 is 123. The van der Waals surface area contributed by atoms with Crippen LogP contribution in [0.15, 0.2) is 91.1 Å². The summed E-state index contributed by atoms with van der Waals surface area (Å²) in [5, 5.41) is 5.19. The van der Waals surface area contributed by atoms with Gasteiger partial charge in [0.15, 0.2) is 39.5 Å². The highest BCUT2D eigenvalue weighted by molar-refractivity contribution is 7.86. The van der Waals surface area contributed by atoms with Gasteiger partial charge >= 0.3 is 11.0 Å². The first-order valence-corrected chi connectivity index (χ1v) is 20.8. The van der Waals surface area contributed by atoms with E-state index in [1.807, 2.05) is 0 Å². The quantitative estimate of drug-likeness (QED) is 0.0766. The lowest BCUT2D eigenvalue weighted by molar-refractivity contribution is -0.690. The molecular formula is C42H37F6N3O6S2. The minimum absolute atomic E-state index is 0.989. The lowest BCUT2D eigenvalue weighted by Crippen LogP contribution is -2.45. The normalized spacial score (nSPS) is 13.7. The van der Waals surface area contributed by atoms with Crippen molar-refractivity contribution < 1.29 is 61.4 Å². The zero-order chi connectivity index (χ0) is 43.2. The third kappa shape index (κ3) is 8.83. The van der Waals surface area contributed by atoms with Gasteiger partial charge in [-0.15, -0.1) is 0 Å². The molecule has 0 saturated carbocycles. The van der Waals surface area contributed by atoms with E-state index in [2.05, 4.69) is 145 Å². The Morgan fingerprint density at radius 3 is 1.86 bits per heavy atom. The summed E-state index contributed by atoms with van der Waals surface area (Å²) in [4.78, 5) is 2.15. The fourth-order valence-electron chi connectivity index (χ4n) is 7.46. The summed E-state index contributed by atoms with van der Waals surface area (Å²) >= 11 is 0. The van der Waals surface area contributed by atoms with Crippen LogP contribution in [0, 0.1) is 13.8 Å². The van der Waals surface area contributed by atoms with Gasteiger partial charge in [-0.25, -0.2) is 16.8 Å². The van der Waals surface area contributed by atoms with Crippen LogP contribution in [0.5, 0.6) is 0 Å². The number of aromatic nitrogens is 2. The van der Waals surface area contributed by atoms with Gasteiger partial charge in [0.05, 0.1) is 16.5 Å². The minimum Gasteiger partial charge on any atom is -0.741 e. The van der Waals surface area contributed by atoms with Gasteiger partial charge < -0.3 is 14.0 Å². The standard InChI is InChI=1S/C40H37N3.2CHF3O3S/c1-26-27(2)35-19-22-42-21-18-29-8-5-6-10-36(29)40(42)39(35)38-34(26)20-23-43-32(9-7-11-37(38)43)16-13-28-12-14-31-25-33(41(3)4)17-15-30(31)24-28;2*2-1(3,4)8(5,6)7/h5-18,21,24-25H,19-20,22-23H2,1-4H3;2*(H,5,6,7)/q+2;;/p-2. The molecule has 0 spiro atoms. The van der Waals surface area contributed by atoms with Crippen LogP contribution in [-0.4, -0.2) is 51.1 Å². The van der Waals surface area contributed by atoms with E-state index in [1.165, 1.54) is 83.3 Å². The van der Waals surface area contributed by atoms with Gasteiger partial charge in [0.25, 0.3) is 0 Å². The number of aryl methyl sites for hydroxylation is 1. The summed E-state index contributed by atoms with van der Waals surface area (Å²) in [6.45, 7) is 6.71. The summed E-state index contributed by atoms with van der Waals surface area (Å²) in [6.07, 6.45) is 8.99. The maximum Gasteiger partial charge on any atom is 0.485 e. The molecule has 0 bridgehead atoms. The number of hydrogen-bond donors (Lipinski definition) is 0. The van der Waals surface area contributed by atoms with Crippen molar-refractivity contribution in [2.45, 2.75) is 50.8 Å². The molecular weight excluding hydrogens is 821 g/mol. The maximum absolute atomic E-state index is 10.7. The van der Waals surface area contributed by atoms with E-state index in [0.29, 0.717) is 0 Å². The van der Waals surface area contributed by atoms with Gasteiger partial charge in [0.1, 0.15) is 0 Å². The topological polar surface area (TPSA) is 125 Å². The zero-order valence-electron chi connectivity index (χ0n) is 32.0. The van der Waals surface area contributed by atoms with Gasteiger partial charge in [0, 0.05) is 56.9 Å². The van der Waals surface area contributed by atoms with Crippen molar-refractivity contribution in [1.29, 1.82) is 0 Å². The summed E-state index contributed by atoms with van der Waals surface area (Å²) in [5.74, 6) is 0. The van der Waals surface area contributed by atoms with Crippen LogP contribution >= 0.6 is 0 Å². The molecule has 4 heterocycles. The van der Waals surface area contributed by atoms with Crippen molar-refractivity contribution in [2.24, 2.45) is 0 Å². The predicted molar refractivity (Wildman–Crippen MR) is 211 cm³/mol. The summed E-state index contributed by atoms with van der Waals surface area (Å²) in [7, 11) is -8.00. The molecule has 0 atom stereocenters. The van der Waals surface area contributed by atoms with Crippen LogP contribution in [-0.2, 0) is 46.2 Å². The number of fused-ring (bicyclic) bond motifs is 10. The smallest absolute Gasteiger partial charge is 0.485 e. The SMILES string of the molecule is Cc1c(C)c2c(c3c1CC[n+]1ccc4ccccc4c1-3)-c1cccc(/C=C/c3ccc4cc(N(C)C)ccc4c3)[n+]1CC2.O=S(=O)([O-])C(F)(F)F.O=S(=O)([O-])C(F)(F)F. The van der Waals surface area contributed by atoms with Crippen LogP contribution in [0.2, 0.25) is 0 Å². The second-order valence-corrected chi connectivity index (χ2v) is 17.0. The highest BCUT2D eigenvalue weighted by atomic mass is 32.2. The Bertz CT molecular complexity index is 2830. The second kappa shape index (κ2) is 16.0. The molecule has 4 aromatic carbocycles. The van der Waals surface area contributed by atoms with Crippen molar-refractivity contribution in [1.82, 2.24) is 0 Å². The number of rotatable bonds is 3. The number of nitrogens with zero attached hydrogens (tertiary/aromatic N) is 3. The first-order valence-electron chi connectivity index (χ1n) is 18.0. The molecule has 6 aromatic rings. The maximum atomic E-state index is 10.7. The monoisotopic (exact) mass is 857 g/mol. The number of alkyl halides is 6. The Morgan fingerprint density at radius 2 is 1.24 bits per heavy atom. The average Bonchev–Trinajstić information content (AvgIpc) is 3.16. The molecule has 0 amide bonds. The largest absolute Gasteiger partial charge is 0.741 e. The van der Waals surface area contributed by atoms with Gasteiger partial charge in [-0.05, 0) is 94.2 Å². The van der Waals surface area contributed by atoms with Crippen molar-refractivity contribution in [3.05, 3.63) is 125 Å². The Hall–Kier alpha value is -5.36. The molecule has 0 fully saturated rings. The molecule has 9 nitrogen and oxygen atoms in total. The van der Waals surface area contributed by atoms with E-state index >= 15 is 0 Å². The van der Waals surface area contributed by atoms with E-state index in [1.54, 1.807) is 0 Å². The Kier molecular flexibility index (Phi) is 11.7. The molecule has 17 heteroatoms. The highest BCUT2D eigenvalue weighted by Gasteiger charge is 2.39. The molecule has 0 N–H and O–H groups in total. The number of hydrogen-bond acceptors (Lipinski definition) is 7. The third-order valence-electron chi connectivity index (χ3n) is 10.4. The van der Waals surface area contributed by atoms with Crippen LogP contribution in [0.4, 0.5) is 32.0 Å². The van der Waals surface area contributed by atoms with Crippen molar-refractivity contribution in [2.75, 3.05) is 19.0 Å². The second-order valence-electron chi connectivity index (χ2n) is 14.2. The molecule has 0 unspecified atom stereocenters. The summed E-state index contributed by atoms with van der Waals surface area (Å²) in [6, 6.07) is 31.5. The van der Waals surface area contributed by atoms with E-state index in [4.69, 9.17) is 25.9 Å². The molecule has 0 aliphatic carbocycles. The first-order chi connectivity index (χ1) is 27.5. The first kappa shape index (κ1) is 43.2. The van der Waals surface area contributed by atoms with Gasteiger partial charge in [-0.1, -0.05) is 36.4 Å². The number of halogens is 6. The minimum atomic E-state index is -6.09. The molecule has 0 radical (unpaired) electrons. The lowest BCUT2D eigenvalue weighted by Gasteiger charge is -2.27. The molecule has 2 aromatic heterocycles. The highest BCUT2D eigenvalue weighted by Crippen LogP contribution is 2.44. The molecule has 8 rings (SSSR count). The van der Waals surface area contributed by atoms with Gasteiger partial charge in [0.2, 0.25) is 17.1 Å².